The fourth-order valence-corrected chi connectivity index (χ4v) is 6.01. The minimum atomic E-state index is -0.528. The van der Waals surface area contributed by atoms with E-state index in [2.05, 4.69) is 27.7 Å². The van der Waals surface area contributed by atoms with Gasteiger partial charge in [-0.25, -0.2) is 0 Å². The molecule has 0 aromatic carbocycles. The molecule has 108 valence electrons. The summed E-state index contributed by atoms with van der Waals surface area (Å²) < 4.78 is 0. The molecule has 2 bridgehead atoms. The normalized spacial score (nSPS) is 48.5. The van der Waals surface area contributed by atoms with Crippen molar-refractivity contribution in [3.8, 4) is 0 Å². The van der Waals surface area contributed by atoms with E-state index in [1.807, 2.05) is 0 Å². The Morgan fingerprint density at radius 2 is 1.84 bits per heavy atom. The molecule has 2 nitrogen and oxygen atoms in total. The van der Waals surface area contributed by atoms with Crippen LogP contribution in [0.2, 0.25) is 0 Å². The lowest BCUT2D eigenvalue weighted by atomic mass is 9.66. The zero-order valence-electron chi connectivity index (χ0n) is 12.7. The number of aliphatic carboxylic acids is 1. The molecular weight excluding hydrogens is 236 g/mol. The van der Waals surface area contributed by atoms with Gasteiger partial charge in [0.2, 0.25) is 0 Å². The highest BCUT2D eigenvalue weighted by Gasteiger charge is 2.62. The first kappa shape index (κ1) is 13.5. The Bertz CT molecular complexity index is 381. The number of rotatable bonds is 2. The van der Waals surface area contributed by atoms with Crippen molar-refractivity contribution in [3.05, 3.63) is 0 Å². The van der Waals surface area contributed by atoms with Gasteiger partial charge in [0.05, 0.1) is 5.92 Å². The molecule has 19 heavy (non-hydrogen) atoms. The Hall–Kier alpha value is -0.530. The summed E-state index contributed by atoms with van der Waals surface area (Å²) in [6, 6.07) is 0. The van der Waals surface area contributed by atoms with Crippen LogP contribution in [0.3, 0.4) is 0 Å². The van der Waals surface area contributed by atoms with E-state index >= 15 is 0 Å². The van der Waals surface area contributed by atoms with E-state index < -0.39 is 5.97 Å². The molecule has 2 heteroatoms. The molecule has 3 saturated carbocycles. The van der Waals surface area contributed by atoms with Crippen LogP contribution in [-0.4, -0.2) is 11.1 Å². The summed E-state index contributed by atoms with van der Waals surface area (Å²) in [5.41, 5.74) is 0.385. The van der Waals surface area contributed by atoms with Gasteiger partial charge in [0.15, 0.2) is 0 Å². The van der Waals surface area contributed by atoms with Crippen LogP contribution in [0.25, 0.3) is 0 Å². The predicted octanol–water partition coefficient (Wildman–Crippen LogP) is 4.05. The van der Waals surface area contributed by atoms with E-state index in [1.165, 1.54) is 19.3 Å². The third kappa shape index (κ3) is 1.86. The zero-order valence-corrected chi connectivity index (χ0v) is 12.7. The van der Waals surface area contributed by atoms with Crippen LogP contribution in [0.5, 0.6) is 0 Å². The molecule has 7 atom stereocenters. The summed E-state index contributed by atoms with van der Waals surface area (Å²) >= 11 is 0. The summed E-state index contributed by atoms with van der Waals surface area (Å²) in [7, 11) is 0. The second-order valence-electron chi connectivity index (χ2n) is 8.37. The van der Waals surface area contributed by atoms with E-state index in [4.69, 9.17) is 0 Å². The third-order valence-corrected chi connectivity index (χ3v) is 6.65. The zero-order chi connectivity index (χ0) is 13.9. The SMILES string of the molecule is CCC1CC(C(C)(C)C)C2C3CC(C(=O)O)C(C3)C12. The minimum Gasteiger partial charge on any atom is -0.481 e. The minimum absolute atomic E-state index is 0.0287. The molecule has 3 aliphatic rings. The van der Waals surface area contributed by atoms with Crippen molar-refractivity contribution in [2.45, 2.75) is 53.4 Å². The molecule has 0 amide bonds. The molecule has 3 fully saturated rings. The molecule has 3 aliphatic carbocycles. The lowest BCUT2D eigenvalue weighted by molar-refractivity contribution is -0.145. The molecule has 0 aromatic heterocycles. The topological polar surface area (TPSA) is 37.3 Å². The lowest BCUT2D eigenvalue weighted by Crippen LogP contribution is -2.35. The molecule has 1 N–H and O–H groups in total. The van der Waals surface area contributed by atoms with E-state index in [0.717, 1.165) is 24.2 Å². The van der Waals surface area contributed by atoms with Crippen molar-refractivity contribution in [2.24, 2.45) is 46.8 Å². The maximum Gasteiger partial charge on any atom is 0.306 e. The Labute approximate surface area is 117 Å². The molecule has 0 heterocycles. The number of carbonyl (C=O) groups is 1. The number of fused-ring (bicyclic) bond motifs is 5. The van der Waals surface area contributed by atoms with E-state index in [-0.39, 0.29) is 5.92 Å². The van der Waals surface area contributed by atoms with Crippen LogP contribution in [0.1, 0.15) is 53.4 Å². The highest BCUT2D eigenvalue weighted by molar-refractivity contribution is 5.71. The molecule has 0 aromatic rings. The van der Waals surface area contributed by atoms with Gasteiger partial charge in [-0.05, 0) is 60.2 Å². The van der Waals surface area contributed by atoms with Gasteiger partial charge in [0.25, 0.3) is 0 Å². The first-order valence-corrected chi connectivity index (χ1v) is 8.07. The first-order chi connectivity index (χ1) is 8.84. The average molecular weight is 264 g/mol. The number of carboxylic acid groups (broad SMARTS) is 1. The van der Waals surface area contributed by atoms with Gasteiger partial charge in [0.1, 0.15) is 0 Å². The van der Waals surface area contributed by atoms with Crippen molar-refractivity contribution in [2.75, 3.05) is 0 Å². The van der Waals surface area contributed by atoms with Gasteiger partial charge in [-0.3, -0.25) is 4.79 Å². The number of hydrogen-bond acceptors (Lipinski definition) is 1. The van der Waals surface area contributed by atoms with Crippen molar-refractivity contribution in [1.82, 2.24) is 0 Å². The summed E-state index contributed by atoms with van der Waals surface area (Å²) in [5.74, 6) is 3.78. The van der Waals surface area contributed by atoms with E-state index in [0.29, 0.717) is 23.2 Å². The maximum absolute atomic E-state index is 11.5. The highest BCUT2D eigenvalue weighted by atomic mass is 16.4. The molecule has 0 radical (unpaired) electrons. The van der Waals surface area contributed by atoms with Crippen LogP contribution in [0.4, 0.5) is 0 Å². The fraction of sp³-hybridized carbons (Fsp3) is 0.941. The van der Waals surface area contributed by atoms with Crippen molar-refractivity contribution in [1.29, 1.82) is 0 Å². The van der Waals surface area contributed by atoms with Gasteiger partial charge < -0.3 is 5.11 Å². The predicted molar refractivity (Wildman–Crippen MR) is 75.7 cm³/mol. The lowest BCUT2D eigenvalue weighted by Gasteiger charge is -2.38. The monoisotopic (exact) mass is 264 g/mol. The molecular formula is C17H28O2. The molecule has 7 unspecified atom stereocenters. The highest BCUT2D eigenvalue weighted by Crippen LogP contribution is 2.67. The number of hydrogen-bond donors (Lipinski definition) is 1. The van der Waals surface area contributed by atoms with Gasteiger partial charge in [-0.1, -0.05) is 34.1 Å². The van der Waals surface area contributed by atoms with Crippen molar-refractivity contribution >= 4 is 5.97 Å². The first-order valence-electron chi connectivity index (χ1n) is 8.07. The van der Waals surface area contributed by atoms with Gasteiger partial charge in [-0.15, -0.1) is 0 Å². The van der Waals surface area contributed by atoms with Crippen molar-refractivity contribution in [3.63, 3.8) is 0 Å². The van der Waals surface area contributed by atoms with Crippen LogP contribution < -0.4 is 0 Å². The van der Waals surface area contributed by atoms with E-state index in [1.54, 1.807) is 0 Å². The quantitative estimate of drug-likeness (QED) is 0.817. The van der Waals surface area contributed by atoms with Crippen molar-refractivity contribution < 1.29 is 9.90 Å². The molecule has 3 rings (SSSR count). The van der Waals surface area contributed by atoms with Gasteiger partial charge in [-0.2, -0.15) is 0 Å². The van der Waals surface area contributed by atoms with Gasteiger partial charge >= 0.3 is 5.97 Å². The second-order valence-corrected chi connectivity index (χ2v) is 8.37. The Morgan fingerprint density at radius 3 is 2.37 bits per heavy atom. The second kappa shape index (κ2) is 4.23. The van der Waals surface area contributed by atoms with Crippen LogP contribution in [-0.2, 0) is 4.79 Å². The van der Waals surface area contributed by atoms with Crippen LogP contribution in [0.15, 0.2) is 0 Å². The summed E-state index contributed by atoms with van der Waals surface area (Å²) in [6.07, 6.45) is 4.75. The average Bonchev–Trinajstić information content (AvgIpc) is 2.96. The summed E-state index contributed by atoms with van der Waals surface area (Å²) in [6.45, 7) is 9.45. The standard InChI is InChI=1S/C17H28O2/c1-5-9-8-13(17(2,3)4)15-10-6-11(14(9)15)12(7-10)16(18)19/h9-15H,5-8H2,1-4H3,(H,18,19). The van der Waals surface area contributed by atoms with Crippen LogP contribution in [0, 0.1) is 46.8 Å². The largest absolute Gasteiger partial charge is 0.481 e. The molecule has 0 aliphatic heterocycles. The van der Waals surface area contributed by atoms with Gasteiger partial charge in [0, 0.05) is 0 Å². The summed E-state index contributed by atoms with van der Waals surface area (Å²) in [5, 5.41) is 9.44. The van der Waals surface area contributed by atoms with Crippen LogP contribution >= 0.6 is 0 Å². The Balaban J connectivity index is 1.90. The van der Waals surface area contributed by atoms with E-state index in [9.17, 15) is 9.90 Å². The fourth-order valence-electron chi connectivity index (χ4n) is 6.01. The Morgan fingerprint density at radius 1 is 1.16 bits per heavy atom. The smallest absolute Gasteiger partial charge is 0.306 e. The molecule has 0 spiro atoms. The summed E-state index contributed by atoms with van der Waals surface area (Å²) in [4.78, 5) is 11.5. The molecule has 0 saturated heterocycles. The maximum atomic E-state index is 11.5. The number of carboxylic acids is 1. The third-order valence-electron chi connectivity index (χ3n) is 6.65. The Kier molecular flexibility index (Phi) is 3.00.